The van der Waals surface area contributed by atoms with E-state index in [0.717, 1.165) is 44.3 Å². The Morgan fingerprint density at radius 1 is 0.593 bits per heavy atom. The molecule has 0 saturated heterocycles. The number of aromatic nitrogens is 2. The zero-order chi connectivity index (χ0) is 18.2. The second-order valence-electron chi connectivity index (χ2n) is 6.45. The molecule has 0 unspecified atom stereocenters. The molecule has 128 valence electrons. The summed E-state index contributed by atoms with van der Waals surface area (Å²) in [7, 11) is 0. The van der Waals surface area contributed by atoms with E-state index in [1.807, 2.05) is 60.7 Å². The fraction of sp³-hybridized carbons (Fsp3) is 0. The fourth-order valence-corrected chi connectivity index (χ4v) is 3.58. The van der Waals surface area contributed by atoms with E-state index < -0.39 is 0 Å². The molecule has 27 heavy (non-hydrogen) atoms. The van der Waals surface area contributed by atoms with E-state index in [0.29, 0.717) is 5.02 Å². The van der Waals surface area contributed by atoms with Gasteiger partial charge in [-0.1, -0.05) is 84.4 Å². The van der Waals surface area contributed by atoms with Crippen LogP contribution in [-0.4, -0.2) is 9.97 Å². The molecule has 0 bridgehead atoms. The van der Waals surface area contributed by atoms with E-state index in [4.69, 9.17) is 21.6 Å². The molecule has 0 aliphatic heterocycles. The lowest BCUT2D eigenvalue weighted by Gasteiger charge is -2.12. The average molecular weight is 367 g/mol. The molecule has 0 amide bonds. The van der Waals surface area contributed by atoms with Gasteiger partial charge in [-0.25, -0.2) is 9.97 Å². The average Bonchev–Trinajstić information content (AvgIpc) is 2.74. The largest absolute Gasteiger partial charge is 0.244 e. The van der Waals surface area contributed by atoms with E-state index in [9.17, 15) is 0 Å². The normalized spacial score (nSPS) is 11.1. The number of nitrogens with zero attached hydrogens (tertiary/aromatic N) is 2. The monoisotopic (exact) mass is 366 g/mol. The van der Waals surface area contributed by atoms with Gasteiger partial charge in [-0.15, -0.1) is 0 Å². The van der Waals surface area contributed by atoms with Gasteiger partial charge in [0.05, 0.1) is 22.4 Å². The van der Waals surface area contributed by atoms with Crippen LogP contribution in [0.5, 0.6) is 0 Å². The summed E-state index contributed by atoms with van der Waals surface area (Å²) in [5, 5.41) is 2.82. The highest BCUT2D eigenvalue weighted by Crippen LogP contribution is 2.33. The maximum Gasteiger partial charge on any atom is 0.0973 e. The van der Waals surface area contributed by atoms with E-state index in [1.165, 1.54) is 0 Å². The van der Waals surface area contributed by atoms with Crippen molar-refractivity contribution < 1.29 is 0 Å². The van der Waals surface area contributed by atoms with Crippen LogP contribution in [0.2, 0.25) is 5.02 Å². The van der Waals surface area contributed by atoms with Crippen molar-refractivity contribution >= 4 is 33.4 Å². The molecule has 1 heterocycles. The van der Waals surface area contributed by atoms with Crippen molar-refractivity contribution in [3.63, 3.8) is 0 Å². The van der Waals surface area contributed by atoms with Crippen LogP contribution >= 0.6 is 11.6 Å². The molecular weight excluding hydrogens is 352 g/mol. The Hall–Kier alpha value is -3.23. The molecular formula is C24H15ClN2. The van der Waals surface area contributed by atoms with Crippen molar-refractivity contribution in [2.75, 3.05) is 0 Å². The summed E-state index contributed by atoms with van der Waals surface area (Å²) in [5.74, 6) is 0. The molecule has 5 rings (SSSR count). The van der Waals surface area contributed by atoms with Gasteiger partial charge >= 0.3 is 0 Å². The number of hydrogen-bond donors (Lipinski definition) is 0. The molecule has 0 N–H and O–H groups in total. The van der Waals surface area contributed by atoms with Gasteiger partial charge in [-0.3, -0.25) is 0 Å². The lowest BCUT2D eigenvalue weighted by Crippen LogP contribution is -1.96. The van der Waals surface area contributed by atoms with Gasteiger partial charge < -0.3 is 0 Å². The maximum absolute atomic E-state index is 6.25. The number of rotatable bonds is 2. The van der Waals surface area contributed by atoms with Gasteiger partial charge in [-0.05, 0) is 23.6 Å². The minimum atomic E-state index is 0.699. The summed E-state index contributed by atoms with van der Waals surface area (Å²) in [5.41, 5.74) is 5.59. The summed E-state index contributed by atoms with van der Waals surface area (Å²) in [6, 6.07) is 30.4. The quantitative estimate of drug-likeness (QED) is 0.322. The van der Waals surface area contributed by atoms with Crippen LogP contribution in [0.4, 0.5) is 0 Å². The predicted octanol–water partition coefficient (Wildman–Crippen LogP) is 6.77. The molecule has 3 heteroatoms. The first kappa shape index (κ1) is 16.0. The number of hydrogen-bond acceptors (Lipinski definition) is 2. The Labute approximate surface area is 162 Å². The van der Waals surface area contributed by atoms with Gasteiger partial charge in [0.15, 0.2) is 0 Å². The van der Waals surface area contributed by atoms with Crippen LogP contribution in [-0.2, 0) is 0 Å². The van der Waals surface area contributed by atoms with E-state index >= 15 is 0 Å². The van der Waals surface area contributed by atoms with Gasteiger partial charge in [-0.2, -0.15) is 0 Å². The number of halogens is 1. The van der Waals surface area contributed by atoms with Crippen molar-refractivity contribution in [2.24, 2.45) is 0 Å². The molecule has 0 fully saturated rings. The van der Waals surface area contributed by atoms with Crippen molar-refractivity contribution in [1.29, 1.82) is 0 Å². The third kappa shape index (κ3) is 2.84. The number of benzene rings is 4. The summed E-state index contributed by atoms with van der Waals surface area (Å²) in [6.45, 7) is 0. The van der Waals surface area contributed by atoms with Crippen molar-refractivity contribution in [2.45, 2.75) is 0 Å². The minimum absolute atomic E-state index is 0.699. The first-order valence-corrected chi connectivity index (χ1v) is 9.18. The summed E-state index contributed by atoms with van der Waals surface area (Å²) >= 11 is 6.25. The van der Waals surface area contributed by atoms with Gasteiger partial charge in [0.1, 0.15) is 0 Å². The third-order valence-electron chi connectivity index (χ3n) is 4.71. The first-order valence-electron chi connectivity index (χ1n) is 8.80. The highest BCUT2D eigenvalue weighted by atomic mass is 35.5. The van der Waals surface area contributed by atoms with Gasteiger partial charge in [0.25, 0.3) is 0 Å². The molecule has 4 aromatic carbocycles. The standard InChI is InChI=1S/C24H15ClN2/c25-19-13-11-16-12-14-21-24(20(16)15-19)27-23(18-9-5-2-6-10-18)22(26-21)17-7-3-1-4-8-17/h1-15H. The van der Waals surface area contributed by atoms with Crippen LogP contribution in [0.1, 0.15) is 0 Å². The highest BCUT2D eigenvalue weighted by Gasteiger charge is 2.14. The van der Waals surface area contributed by atoms with Crippen LogP contribution < -0.4 is 0 Å². The van der Waals surface area contributed by atoms with Gasteiger partial charge in [0.2, 0.25) is 0 Å². The fourth-order valence-electron chi connectivity index (χ4n) is 3.40. The van der Waals surface area contributed by atoms with E-state index in [1.54, 1.807) is 0 Å². The Morgan fingerprint density at radius 3 is 1.85 bits per heavy atom. The summed E-state index contributed by atoms with van der Waals surface area (Å²) < 4.78 is 0. The molecule has 0 aliphatic carbocycles. The maximum atomic E-state index is 6.25. The lowest BCUT2D eigenvalue weighted by molar-refractivity contribution is 1.30. The topological polar surface area (TPSA) is 25.8 Å². The van der Waals surface area contributed by atoms with Crippen LogP contribution in [0.3, 0.4) is 0 Å². The molecule has 0 saturated carbocycles. The van der Waals surface area contributed by atoms with Crippen LogP contribution in [0, 0.1) is 0 Å². The summed E-state index contributed by atoms with van der Waals surface area (Å²) in [4.78, 5) is 10.1. The highest BCUT2D eigenvalue weighted by molar-refractivity contribution is 6.31. The van der Waals surface area contributed by atoms with Crippen molar-refractivity contribution in [3.8, 4) is 22.5 Å². The van der Waals surface area contributed by atoms with Crippen LogP contribution in [0.15, 0.2) is 91.0 Å². The zero-order valence-corrected chi connectivity index (χ0v) is 15.2. The molecule has 0 atom stereocenters. The molecule has 1 aromatic heterocycles. The zero-order valence-electron chi connectivity index (χ0n) is 14.4. The Balaban J connectivity index is 1.90. The summed E-state index contributed by atoms with van der Waals surface area (Å²) in [6.07, 6.45) is 0. The van der Waals surface area contributed by atoms with Crippen molar-refractivity contribution in [3.05, 3.63) is 96.0 Å². The molecule has 0 spiro atoms. The second-order valence-corrected chi connectivity index (χ2v) is 6.89. The second kappa shape index (κ2) is 6.49. The Morgan fingerprint density at radius 2 is 1.19 bits per heavy atom. The molecule has 0 aliphatic rings. The minimum Gasteiger partial charge on any atom is -0.244 e. The lowest BCUT2D eigenvalue weighted by atomic mass is 10.0. The Kier molecular flexibility index (Phi) is 3.84. The third-order valence-corrected chi connectivity index (χ3v) is 4.94. The molecule has 5 aromatic rings. The van der Waals surface area contributed by atoms with Crippen molar-refractivity contribution in [1.82, 2.24) is 9.97 Å². The van der Waals surface area contributed by atoms with Gasteiger partial charge in [0, 0.05) is 21.5 Å². The van der Waals surface area contributed by atoms with Crippen LogP contribution in [0.25, 0.3) is 44.3 Å². The SMILES string of the molecule is Clc1ccc2ccc3nc(-c4ccccc4)c(-c4ccccc4)nc3c2c1. The molecule has 0 radical (unpaired) electrons. The molecule has 2 nitrogen and oxygen atoms in total. The van der Waals surface area contributed by atoms with E-state index in [-0.39, 0.29) is 0 Å². The first-order chi connectivity index (χ1) is 13.3. The predicted molar refractivity (Wildman–Crippen MR) is 113 cm³/mol. The smallest absolute Gasteiger partial charge is 0.0973 e. The Bertz CT molecular complexity index is 1270. The van der Waals surface area contributed by atoms with E-state index in [2.05, 4.69) is 30.3 Å². The number of fused-ring (bicyclic) bond motifs is 3.